The topological polar surface area (TPSA) is 90.9 Å². The first-order chi connectivity index (χ1) is 16.3. The number of dihydropyridines is 1. The van der Waals surface area contributed by atoms with E-state index in [9.17, 15) is 14.4 Å². The van der Waals surface area contributed by atoms with Crippen molar-refractivity contribution in [3.8, 4) is 5.75 Å². The van der Waals surface area contributed by atoms with Crippen molar-refractivity contribution in [3.05, 3.63) is 74.8 Å². The van der Waals surface area contributed by atoms with Crippen LogP contribution in [-0.2, 0) is 30.5 Å². The van der Waals surface area contributed by atoms with Crippen LogP contribution >= 0.6 is 11.3 Å². The molecule has 0 amide bonds. The van der Waals surface area contributed by atoms with Gasteiger partial charge in [0.1, 0.15) is 18.3 Å². The van der Waals surface area contributed by atoms with Crippen LogP contribution in [0.15, 0.2) is 64.3 Å². The molecule has 1 aromatic carbocycles. The van der Waals surface area contributed by atoms with Crippen molar-refractivity contribution in [1.82, 2.24) is 5.32 Å². The van der Waals surface area contributed by atoms with E-state index in [2.05, 4.69) is 5.32 Å². The third-order valence-electron chi connectivity index (χ3n) is 6.32. The number of methoxy groups -OCH3 is 2. The number of rotatable bonds is 6. The average Bonchev–Trinajstić information content (AvgIpc) is 3.36. The fourth-order valence-electron chi connectivity index (χ4n) is 4.64. The van der Waals surface area contributed by atoms with Gasteiger partial charge in [-0.1, -0.05) is 25.1 Å². The molecule has 0 saturated heterocycles. The van der Waals surface area contributed by atoms with Crippen molar-refractivity contribution in [2.75, 3.05) is 14.2 Å². The number of hydrogen-bond acceptors (Lipinski definition) is 8. The van der Waals surface area contributed by atoms with Gasteiger partial charge in [-0.25, -0.2) is 4.79 Å². The summed E-state index contributed by atoms with van der Waals surface area (Å²) in [7, 11) is 2.88. The van der Waals surface area contributed by atoms with Crippen molar-refractivity contribution in [2.45, 2.75) is 32.8 Å². The van der Waals surface area contributed by atoms with Crippen LogP contribution in [-0.4, -0.2) is 31.9 Å². The maximum absolute atomic E-state index is 13.6. The first kappa shape index (κ1) is 23.8. The van der Waals surface area contributed by atoms with Gasteiger partial charge in [0.2, 0.25) is 0 Å². The van der Waals surface area contributed by atoms with Crippen LogP contribution in [0.4, 0.5) is 0 Å². The van der Waals surface area contributed by atoms with E-state index in [0.717, 1.165) is 16.1 Å². The molecule has 1 aromatic heterocycles. The van der Waals surface area contributed by atoms with Crippen molar-refractivity contribution < 1.29 is 28.6 Å². The third kappa shape index (κ3) is 4.37. The van der Waals surface area contributed by atoms with Crippen LogP contribution < -0.4 is 10.1 Å². The summed E-state index contributed by atoms with van der Waals surface area (Å²) in [6.07, 6.45) is 0.508. The summed E-state index contributed by atoms with van der Waals surface area (Å²) in [5, 5.41) is 5.17. The van der Waals surface area contributed by atoms with E-state index < -0.39 is 23.8 Å². The molecule has 0 bridgehead atoms. The zero-order chi connectivity index (χ0) is 24.4. The Balaban J connectivity index is 1.67. The van der Waals surface area contributed by atoms with E-state index >= 15 is 0 Å². The molecule has 0 saturated carbocycles. The van der Waals surface area contributed by atoms with Gasteiger partial charge in [-0.05, 0) is 48.4 Å². The zero-order valence-corrected chi connectivity index (χ0v) is 20.4. The van der Waals surface area contributed by atoms with Gasteiger partial charge in [0, 0.05) is 21.8 Å². The smallest absolute Gasteiger partial charge is 0.337 e. The molecule has 2 heterocycles. The van der Waals surface area contributed by atoms with E-state index in [-0.39, 0.29) is 18.3 Å². The molecule has 2 aliphatic rings. The fourth-order valence-corrected chi connectivity index (χ4v) is 5.48. The highest BCUT2D eigenvalue weighted by Crippen LogP contribution is 2.46. The number of allylic oxidation sites excluding steroid dienone is 3. The van der Waals surface area contributed by atoms with E-state index in [1.807, 2.05) is 43.5 Å². The monoisotopic (exact) mass is 481 g/mol. The molecule has 2 aromatic rings. The van der Waals surface area contributed by atoms with Crippen molar-refractivity contribution in [2.24, 2.45) is 11.8 Å². The largest absolute Gasteiger partial charge is 0.497 e. The summed E-state index contributed by atoms with van der Waals surface area (Å²) < 4.78 is 15.8. The molecule has 0 spiro atoms. The quantitative estimate of drug-likeness (QED) is 0.490. The average molecular weight is 482 g/mol. The predicted molar refractivity (Wildman–Crippen MR) is 127 cm³/mol. The Morgan fingerprint density at radius 2 is 1.88 bits per heavy atom. The van der Waals surface area contributed by atoms with Crippen LogP contribution in [0, 0.1) is 11.8 Å². The molecule has 4 rings (SSSR count). The second-order valence-electron chi connectivity index (χ2n) is 8.48. The van der Waals surface area contributed by atoms with Gasteiger partial charge in [0.15, 0.2) is 5.78 Å². The zero-order valence-electron chi connectivity index (χ0n) is 19.5. The molecule has 0 fully saturated rings. The first-order valence-electron chi connectivity index (χ1n) is 11.0. The number of ketones is 1. The van der Waals surface area contributed by atoms with Crippen LogP contribution in [0.25, 0.3) is 0 Å². The lowest BCUT2D eigenvalue weighted by Crippen LogP contribution is -2.43. The van der Waals surface area contributed by atoms with Gasteiger partial charge in [-0.15, -0.1) is 11.3 Å². The molecular weight excluding hydrogens is 454 g/mol. The van der Waals surface area contributed by atoms with Crippen LogP contribution in [0.2, 0.25) is 0 Å². The van der Waals surface area contributed by atoms with Crippen molar-refractivity contribution in [3.63, 3.8) is 0 Å². The molecule has 1 N–H and O–H groups in total. The summed E-state index contributed by atoms with van der Waals surface area (Å²) in [5.41, 5.74) is 3.03. The molecule has 1 aliphatic carbocycles. The summed E-state index contributed by atoms with van der Waals surface area (Å²) in [6, 6.07) is 11.0. The molecule has 8 heteroatoms. The lowest BCUT2D eigenvalue weighted by Gasteiger charge is -2.37. The Bertz CT molecular complexity index is 1160. The Labute approximate surface area is 202 Å². The van der Waals surface area contributed by atoms with Gasteiger partial charge in [0.05, 0.1) is 25.7 Å². The minimum Gasteiger partial charge on any atom is -0.497 e. The van der Waals surface area contributed by atoms with E-state index in [1.54, 1.807) is 19.2 Å². The van der Waals surface area contributed by atoms with Gasteiger partial charge in [-0.3, -0.25) is 9.59 Å². The number of Topliss-reactive ketones (excluding diaryl/α,β-unsaturated/α-hetero) is 1. The van der Waals surface area contributed by atoms with Gasteiger partial charge in [-0.2, -0.15) is 0 Å². The second-order valence-corrected chi connectivity index (χ2v) is 9.45. The molecule has 3 atom stereocenters. The summed E-state index contributed by atoms with van der Waals surface area (Å²) in [4.78, 5) is 40.3. The Morgan fingerprint density at radius 3 is 2.50 bits per heavy atom. The van der Waals surface area contributed by atoms with Gasteiger partial charge < -0.3 is 19.5 Å². The van der Waals surface area contributed by atoms with E-state index in [4.69, 9.17) is 14.2 Å². The van der Waals surface area contributed by atoms with Crippen LogP contribution in [0.1, 0.15) is 36.6 Å². The van der Waals surface area contributed by atoms with Crippen LogP contribution in [0.3, 0.4) is 0 Å². The second kappa shape index (κ2) is 9.85. The minimum atomic E-state index is -0.900. The maximum atomic E-state index is 13.6. The number of nitrogens with one attached hydrogen (secondary N) is 1. The van der Waals surface area contributed by atoms with Crippen molar-refractivity contribution >= 4 is 29.1 Å². The third-order valence-corrected chi connectivity index (χ3v) is 7.26. The molecule has 34 heavy (non-hydrogen) atoms. The number of ether oxygens (including phenoxy) is 3. The van der Waals surface area contributed by atoms with E-state index in [1.165, 1.54) is 18.4 Å². The predicted octanol–water partition coefficient (Wildman–Crippen LogP) is 4.11. The number of benzene rings is 1. The SMILES string of the molecule is COC(=O)[C@H]1C(=O)C2=C(C[C@H]1C)NC(C)=C(C(=O)OCc1ccc(OC)cc1)[C@H]2c1cccs1. The minimum absolute atomic E-state index is 0.0818. The maximum Gasteiger partial charge on any atom is 0.337 e. The number of thiophene rings is 1. The molecule has 178 valence electrons. The lowest BCUT2D eigenvalue weighted by atomic mass is 9.70. The molecule has 1 aliphatic heterocycles. The molecule has 0 unspecified atom stereocenters. The normalized spacial score (nSPS) is 22.1. The number of hydrogen-bond donors (Lipinski definition) is 1. The number of carbonyl (C=O) groups is 3. The van der Waals surface area contributed by atoms with Gasteiger partial charge in [0.25, 0.3) is 0 Å². The van der Waals surface area contributed by atoms with Crippen LogP contribution in [0.5, 0.6) is 5.75 Å². The standard InChI is InChI=1S/C26H27NO6S/c1-14-12-18-22(24(28)20(14)25(29)32-4)23(19-6-5-11-34-19)21(15(2)27-18)26(30)33-13-16-7-9-17(31-3)10-8-16/h5-11,14,20,23,27H,12-13H2,1-4H3/t14-,20-,23-/m1/s1. The van der Waals surface area contributed by atoms with Gasteiger partial charge >= 0.3 is 11.9 Å². The number of esters is 2. The Hall–Kier alpha value is -3.39. The summed E-state index contributed by atoms with van der Waals surface area (Å²) in [5.74, 6) is -2.37. The number of carbonyl (C=O) groups excluding carboxylic acids is 3. The van der Waals surface area contributed by atoms with E-state index in [0.29, 0.717) is 29.0 Å². The highest BCUT2D eigenvalue weighted by atomic mass is 32.1. The summed E-state index contributed by atoms with van der Waals surface area (Å²) >= 11 is 1.46. The molecule has 7 nitrogen and oxygen atoms in total. The lowest BCUT2D eigenvalue weighted by molar-refractivity contribution is -0.151. The summed E-state index contributed by atoms with van der Waals surface area (Å²) in [6.45, 7) is 3.76. The Kier molecular flexibility index (Phi) is 6.88. The molecular formula is C26H27NO6S. The first-order valence-corrected chi connectivity index (χ1v) is 11.9. The van der Waals surface area contributed by atoms with Crippen molar-refractivity contribution in [1.29, 1.82) is 0 Å². The fraction of sp³-hybridized carbons (Fsp3) is 0.346. The highest BCUT2D eigenvalue weighted by Gasteiger charge is 2.47. The molecule has 0 radical (unpaired) electrons. The highest BCUT2D eigenvalue weighted by molar-refractivity contribution is 7.10. The Morgan fingerprint density at radius 1 is 1.15 bits per heavy atom.